The molecule has 1 amide bonds. The molecule has 1 aliphatic carbocycles. The molecule has 1 unspecified atom stereocenters. The van der Waals surface area contributed by atoms with Crippen molar-refractivity contribution >= 4 is 35.0 Å². The fraction of sp³-hybridized carbons (Fsp3) is 0.412. The van der Waals surface area contributed by atoms with Crippen LogP contribution in [0.25, 0.3) is 0 Å². The molecule has 0 radical (unpaired) electrons. The summed E-state index contributed by atoms with van der Waals surface area (Å²) in [5, 5.41) is 18.9. The van der Waals surface area contributed by atoms with Gasteiger partial charge < -0.3 is 15.2 Å². The molecule has 132 valence electrons. The van der Waals surface area contributed by atoms with Gasteiger partial charge in [-0.15, -0.1) is 5.10 Å². The van der Waals surface area contributed by atoms with Crippen LogP contribution in [0.5, 0.6) is 0 Å². The van der Waals surface area contributed by atoms with Crippen LogP contribution in [0, 0.1) is 5.92 Å². The van der Waals surface area contributed by atoms with Gasteiger partial charge in [0.2, 0.25) is 5.91 Å². The van der Waals surface area contributed by atoms with Crippen molar-refractivity contribution in [3.63, 3.8) is 0 Å². The van der Waals surface area contributed by atoms with Crippen LogP contribution in [0.3, 0.4) is 0 Å². The van der Waals surface area contributed by atoms with Crippen LogP contribution in [0.4, 0.5) is 0 Å². The SMILES string of the molecule is O=C(O)CC1SC(=NN=Cc2cccc(COCC3CC3)c2)NC1=O. The zero-order valence-electron chi connectivity index (χ0n) is 13.6. The molecule has 1 heterocycles. The Morgan fingerprint density at radius 3 is 3.04 bits per heavy atom. The van der Waals surface area contributed by atoms with Gasteiger partial charge in [0.05, 0.1) is 19.2 Å². The van der Waals surface area contributed by atoms with Gasteiger partial charge in [-0.3, -0.25) is 9.59 Å². The molecule has 1 saturated heterocycles. The van der Waals surface area contributed by atoms with Gasteiger partial charge in [-0.25, -0.2) is 0 Å². The Labute approximate surface area is 149 Å². The minimum absolute atomic E-state index is 0.234. The lowest BCUT2D eigenvalue weighted by Gasteiger charge is -2.03. The predicted octanol–water partition coefficient (Wildman–Crippen LogP) is 2.01. The summed E-state index contributed by atoms with van der Waals surface area (Å²) in [4.78, 5) is 22.3. The number of nitrogens with one attached hydrogen (secondary N) is 1. The van der Waals surface area contributed by atoms with Crippen LogP contribution in [0.2, 0.25) is 0 Å². The quantitative estimate of drug-likeness (QED) is 0.545. The van der Waals surface area contributed by atoms with E-state index in [2.05, 4.69) is 15.5 Å². The van der Waals surface area contributed by atoms with Crippen LogP contribution in [-0.4, -0.2) is 40.2 Å². The number of hydrogen-bond donors (Lipinski definition) is 2. The van der Waals surface area contributed by atoms with E-state index in [1.807, 2.05) is 24.3 Å². The monoisotopic (exact) mass is 361 g/mol. The van der Waals surface area contributed by atoms with Crippen molar-refractivity contribution in [3.8, 4) is 0 Å². The molecular weight excluding hydrogens is 342 g/mol. The number of aliphatic carboxylic acids is 1. The van der Waals surface area contributed by atoms with Gasteiger partial charge in [0.15, 0.2) is 5.17 Å². The van der Waals surface area contributed by atoms with Gasteiger partial charge in [-0.2, -0.15) is 5.10 Å². The summed E-state index contributed by atoms with van der Waals surface area (Å²) in [6.07, 6.45) is 3.90. The highest BCUT2D eigenvalue weighted by atomic mass is 32.2. The summed E-state index contributed by atoms with van der Waals surface area (Å²) in [5.41, 5.74) is 1.95. The maximum Gasteiger partial charge on any atom is 0.305 e. The number of amidine groups is 1. The van der Waals surface area contributed by atoms with Crippen LogP contribution < -0.4 is 5.32 Å². The van der Waals surface area contributed by atoms with Gasteiger partial charge in [-0.1, -0.05) is 30.0 Å². The summed E-state index contributed by atoms with van der Waals surface area (Å²) in [6, 6.07) is 7.81. The van der Waals surface area contributed by atoms with Gasteiger partial charge >= 0.3 is 5.97 Å². The summed E-state index contributed by atoms with van der Waals surface area (Å²) in [5.74, 6) is -0.626. The maximum atomic E-state index is 11.6. The van der Waals surface area contributed by atoms with E-state index in [-0.39, 0.29) is 12.3 Å². The molecule has 0 spiro atoms. The Morgan fingerprint density at radius 1 is 1.44 bits per heavy atom. The fourth-order valence-corrected chi connectivity index (χ4v) is 3.20. The fourth-order valence-electron chi connectivity index (χ4n) is 2.28. The number of carbonyl (C=O) groups is 2. The lowest BCUT2D eigenvalue weighted by molar-refractivity contribution is -0.138. The number of carbonyl (C=O) groups excluding carboxylic acids is 1. The first-order chi connectivity index (χ1) is 12.1. The minimum atomic E-state index is -1.02. The van der Waals surface area contributed by atoms with E-state index in [4.69, 9.17) is 9.84 Å². The summed E-state index contributed by atoms with van der Waals surface area (Å²) < 4.78 is 5.67. The third-order valence-electron chi connectivity index (χ3n) is 3.76. The largest absolute Gasteiger partial charge is 0.481 e. The van der Waals surface area contributed by atoms with E-state index in [0.717, 1.165) is 35.4 Å². The second kappa shape index (κ2) is 8.26. The van der Waals surface area contributed by atoms with Crippen LogP contribution in [-0.2, 0) is 20.9 Å². The zero-order valence-corrected chi connectivity index (χ0v) is 14.4. The molecule has 1 aromatic rings. The van der Waals surface area contributed by atoms with E-state index < -0.39 is 11.2 Å². The Balaban J connectivity index is 1.52. The van der Waals surface area contributed by atoms with Crippen molar-refractivity contribution in [1.82, 2.24) is 5.32 Å². The second-order valence-electron chi connectivity index (χ2n) is 6.05. The number of hydrogen-bond acceptors (Lipinski definition) is 6. The number of amides is 1. The van der Waals surface area contributed by atoms with Gasteiger partial charge in [-0.05, 0) is 36.0 Å². The Morgan fingerprint density at radius 2 is 2.28 bits per heavy atom. The molecule has 8 heteroatoms. The van der Waals surface area contributed by atoms with E-state index in [1.54, 1.807) is 6.21 Å². The molecule has 2 fully saturated rings. The lowest BCUT2D eigenvalue weighted by atomic mass is 10.1. The molecule has 0 aromatic heterocycles. The summed E-state index contributed by atoms with van der Waals surface area (Å²) in [6.45, 7) is 1.40. The van der Waals surface area contributed by atoms with E-state index in [9.17, 15) is 9.59 Å². The van der Waals surface area contributed by atoms with Gasteiger partial charge in [0.1, 0.15) is 5.25 Å². The normalized spacial score (nSPS) is 21.8. The molecular formula is C17H19N3O4S. The molecule has 3 rings (SSSR count). The van der Waals surface area contributed by atoms with Crippen LogP contribution >= 0.6 is 11.8 Å². The van der Waals surface area contributed by atoms with Crippen molar-refractivity contribution in [2.24, 2.45) is 16.1 Å². The summed E-state index contributed by atoms with van der Waals surface area (Å²) >= 11 is 1.08. The van der Waals surface area contributed by atoms with Gasteiger partial charge in [0.25, 0.3) is 0 Å². The van der Waals surface area contributed by atoms with Crippen molar-refractivity contribution in [2.75, 3.05) is 6.61 Å². The highest BCUT2D eigenvalue weighted by molar-refractivity contribution is 8.15. The van der Waals surface area contributed by atoms with Crippen molar-refractivity contribution in [2.45, 2.75) is 31.1 Å². The Hall–Kier alpha value is -2.19. The maximum absolute atomic E-state index is 11.6. The highest BCUT2D eigenvalue weighted by Crippen LogP contribution is 2.29. The van der Waals surface area contributed by atoms with Crippen LogP contribution in [0.15, 0.2) is 34.5 Å². The Kier molecular flexibility index (Phi) is 5.83. The van der Waals surface area contributed by atoms with Gasteiger partial charge in [0, 0.05) is 6.61 Å². The number of rotatable bonds is 8. The molecule has 2 aliphatic rings. The smallest absolute Gasteiger partial charge is 0.305 e. The molecule has 1 saturated carbocycles. The number of nitrogens with zero attached hydrogens (tertiary/aromatic N) is 2. The first-order valence-corrected chi connectivity index (χ1v) is 8.95. The molecule has 1 aliphatic heterocycles. The molecule has 7 nitrogen and oxygen atoms in total. The van der Waals surface area contributed by atoms with Crippen molar-refractivity contribution in [3.05, 3.63) is 35.4 Å². The molecule has 1 aromatic carbocycles. The van der Waals surface area contributed by atoms with Crippen molar-refractivity contribution < 1.29 is 19.4 Å². The topological polar surface area (TPSA) is 100 Å². The molecule has 0 bridgehead atoms. The predicted molar refractivity (Wildman–Crippen MR) is 95.6 cm³/mol. The lowest BCUT2D eigenvalue weighted by Crippen LogP contribution is -2.26. The van der Waals surface area contributed by atoms with E-state index in [1.165, 1.54) is 12.8 Å². The minimum Gasteiger partial charge on any atom is -0.481 e. The average molecular weight is 361 g/mol. The molecule has 25 heavy (non-hydrogen) atoms. The number of ether oxygens (including phenoxy) is 1. The molecule has 1 atom stereocenters. The van der Waals surface area contributed by atoms with Crippen molar-refractivity contribution in [1.29, 1.82) is 0 Å². The van der Waals surface area contributed by atoms with E-state index in [0.29, 0.717) is 11.8 Å². The number of carboxylic acids is 1. The molecule has 2 N–H and O–H groups in total. The number of benzene rings is 1. The third-order valence-corrected chi connectivity index (χ3v) is 4.83. The van der Waals surface area contributed by atoms with E-state index >= 15 is 0 Å². The van der Waals surface area contributed by atoms with Crippen LogP contribution in [0.1, 0.15) is 30.4 Å². The average Bonchev–Trinajstić information content (AvgIpc) is 3.32. The number of carboxylic acid groups (broad SMARTS) is 1. The standard InChI is InChI=1S/C17H19N3O4S/c21-15(22)7-14-16(23)19-17(25-14)20-18-8-12-2-1-3-13(6-12)10-24-9-11-4-5-11/h1-3,6,8,11,14H,4-5,7,9-10H2,(H,21,22)(H,19,20,23). The summed E-state index contributed by atoms with van der Waals surface area (Å²) in [7, 11) is 0. The number of thioether (sulfide) groups is 1. The zero-order chi connectivity index (χ0) is 17.6. The first kappa shape index (κ1) is 17.6. The Bertz CT molecular complexity index is 716. The highest BCUT2D eigenvalue weighted by Gasteiger charge is 2.32. The first-order valence-electron chi connectivity index (χ1n) is 8.07. The third kappa shape index (κ3) is 5.68. The second-order valence-corrected chi connectivity index (χ2v) is 7.24.